The molecule has 0 heterocycles. The van der Waals surface area contributed by atoms with Gasteiger partial charge in [0.05, 0.1) is 0 Å². The molecule has 0 amide bonds. The topological polar surface area (TPSA) is 28.2 Å². The Morgan fingerprint density at radius 3 is 1.15 bits per heavy atom. The van der Waals surface area contributed by atoms with Crippen molar-refractivity contribution < 1.29 is 18.6 Å². The maximum absolute atomic E-state index is 4.28. The van der Waals surface area contributed by atoms with E-state index in [2.05, 4.69) is 78.2 Å². The van der Waals surface area contributed by atoms with Gasteiger partial charge in [-0.2, -0.15) is 6.08 Å². The molecule has 0 unspecified atom stereocenters. The predicted octanol–water partition coefficient (Wildman–Crippen LogP) is 5.66. The van der Waals surface area contributed by atoms with Crippen LogP contribution in [0.4, 0.5) is 0 Å². The normalized spacial score (nSPS) is 12.2. The first-order chi connectivity index (χ1) is 8.75. The minimum atomic E-state index is 0. The van der Waals surface area contributed by atoms with Gasteiger partial charge in [-0.25, -0.2) is 12.2 Å². The van der Waals surface area contributed by atoms with Crippen molar-refractivity contribution in [3.05, 3.63) is 34.9 Å². The fourth-order valence-corrected chi connectivity index (χ4v) is 1.53. The molecule has 20 heavy (non-hydrogen) atoms. The van der Waals surface area contributed by atoms with Crippen molar-refractivity contribution in [1.82, 2.24) is 0 Å². The molecule has 119 valence electrons. The summed E-state index contributed by atoms with van der Waals surface area (Å²) in [5, 5.41) is 8.56. The molecule has 0 aromatic carbocycles. The van der Waals surface area contributed by atoms with Gasteiger partial charge >= 0.3 is 0 Å². The Morgan fingerprint density at radius 1 is 0.750 bits per heavy atom. The van der Waals surface area contributed by atoms with Crippen LogP contribution in [0.2, 0.25) is 0 Å². The van der Waals surface area contributed by atoms with E-state index in [-0.39, 0.29) is 18.6 Å². The quantitative estimate of drug-likeness (QED) is 0.599. The molecule has 0 spiro atoms. The SMILES string of the molecule is CC(C)[N-]C(C)C.CC(C)[N-]C(C)C.[C-]1=CC=CC1.[V]. The summed E-state index contributed by atoms with van der Waals surface area (Å²) >= 11 is 0. The summed E-state index contributed by atoms with van der Waals surface area (Å²) in [5.74, 6) is 0. The van der Waals surface area contributed by atoms with Gasteiger partial charge in [0.25, 0.3) is 0 Å². The molecule has 2 nitrogen and oxygen atoms in total. The number of nitrogens with zero attached hydrogens (tertiary/aromatic N) is 2. The number of rotatable bonds is 4. The van der Waals surface area contributed by atoms with E-state index in [0.717, 1.165) is 6.42 Å². The monoisotopic (exact) mass is 316 g/mol. The molecule has 1 aliphatic carbocycles. The molecule has 3 heteroatoms. The fourth-order valence-electron chi connectivity index (χ4n) is 1.53. The van der Waals surface area contributed by atoms with Crippen LogP contribution in [-0.4, -0.2) is 24.2 Å². The zero-order valence-electron chi connectivity index (χ0n) is 14.6. The largest absolute Gasteiger partial charge is 0.658 e. The summed E-state index contributed by atoms with van der Waals surface area (Å²) in [6.07, 6.45) is 10.0. The fraction of sp³-hybridized carbons (Fsp3) is 0.765. The van der Waals surface area contributed by atoms with Crippen molar-refractivity contribution in [3.8, 4) is 0 Å². The molecular formula is C17H33N2V-3. The summed E-state index contributed by atoms with van der Waals surface area (Å²) in [5.41, 5.74) is 0. The van der Waals surface area contributed by atoms with Gasteiger partial charge in [0, 0.05) is 18.6 Å². The molecule has 1 aliphatic rings. The first kappa shape index (κ1) is 25.0. The average molecular weight is 316 g/mol. The summed E-state index contributed by atoms with van der Waals surface area (Å²) in [6.45, 7) is 16.8. The van der Waals surface area contributed by atoms with Crippen molar-refractivity contribution in [2.24, 2.45) is 0 Å². The molecule has 0 aromatic rings. The Bertz CT molecular complexity index is 195. The predicted molar refractivity (Wildman–Crippen MR) is 88.8 cm³/mol. The maximum atomic E-state index is 4.28. The molecule has 0 fully saturated rings. The molecule has 0 N–H and O–H groups in total. The minimum Gasteiger partial charge on any atom is -0.658 e. The molecule has 1 rings (SSSR count). The first-order valence-electron chi connectivity index (χ1n) is 7.37. The van der Waals surface area contributed by atoms with Crippen molar-refractivity contribution in [2.75, 3.05) is 0 Å². The van der Waals surface area contributed by atoms with Crippen LogP contribution in [0, 0.1) is 6.08 Å². The van der Waals surface area contributed by atoms with Gasteiger partial charge in [0.1, 0.15) is 0 Å². The van der Waals surface area contributed by atoms with Crippen LogP contribution in [0.3, 0.4) is 0 Å². The van der Waals surface area contributed by atoms with Gasteiger partial charge in [-0.1, -0.05) is 55.4 Å². The van der Waals surface area contributed by atoms with Crippen molar-refractivity contribution in [3.63, 3.8) is 0 Å². The molecule has 0 aliphatic heterocycles. The second-order valence-corrected chi connectivity index (χ2v) is 5.68. The van der Waals surface area contributed by atoms with Crippen LogP contribution in [0.15, 0.2) is 18.2 Å². The minimum absolute atomic E-state index is 0. The summed E-state index contributed by atoms with van der Waals surface area (Å²) in [4.78, 5) is 0. The third-order valence-electron chi connectivity index (χ3n) is 1.78. The number of hydrogen-bond acceptors (Lipinski definition) is 0. The van der Waals surface area contributed by atoms with Crippen LogP contribution in [0.5, 0.6) is 0 Å². The second-order valence-electron chi connectivity index (χ2n) is 5.68. The Kier molecular flexibility index (Phi) is 21.3. The molecule has 0 saturated carbocycles. The summed E-state index contributed by atoms with van der Waals surface area (Å²) < 4.78 is 0. The summed E-state index contributed by atoms with van der Waals surface area (Å²) in [6, 6.07) is 2.00. The third-order valence-corrected chi connectivity index (χ3v) is 1.78. The Labute approximate surface area is 139 Å². The summed E-state index contributed by atoms with van der Waals surface area (Å²) in [7, 11) is 0. The van der Waals surface area contributed by atoms with Crippen LogP contribution in [0.1, 0.15) is 61.8 Å². The van der Waals surface area contributed by atoms with E-state index in [1.54, 1.807) is 0 Å². The van der Waals surface area contributed by atoms with Crippen LogP contribution in [0.25, 0.3) is 10.6 Å². The van der Waals surface area contributed by atoms with Gasteiger partial charge in [-0.3, -0.25) is 6.08 Å². The zero-order valence-corrected chi connectivity index (χ0v) is 16.0. The first-order valence-corrected chi connectivity index (χ1v) is 7.37. The Morgan fingerprint density at radius 2 is 1.10 bits per heavy atom. The van der Waals surface area contributed by atoms with Crippen LogP contribution < -0.4 is 0 Å². The number of allylic oxidation sites excluding steroid dienone is 4. The van der Waals surface area contributed by atoms with Gasteiger partial charge in [-0.05, 0) is 0 Å². The second kappa shape index (κ2) is 17.0. The number of hydrogen-bond donors (Lipinski definition) is 0. The van der Waals surface area contributed by atoms with Crippen molar-refractivity contribution in [1.29, 1.82) is 0 Å². The third kappa shape index (κ3) is 30.8. The van der Waals surface area contributed by atoms with E-state index in [0.29, 0.717) is 24.2 Å². The average Bonchev–Trinajstić information content (AvgIpc) is 2.70. The Hall–Kier alpha value is -0.0156. The van der Waals surface area contributed by atoms with E-state index < -0.39 is 0 Å². The Balaban J connectivity index is -0.000000214. The molecule has 0 saturated heterocycles. The molecule has 0 bridgehead atoms. The van der Waals surface area contributed by atoms with Gasteiger partial charge in [0.2, 0.25) is 0 Å². The van der Waals surface area contributed by atoms with E-state index in [9.17, 15) is 0 Å². The van der Waals surface area contributed by atoms with E-state index in [1.807, 2.05) is 12.2 Å². The molecule has 0 atom stereocenters. The van der Waals surface area contributed by atoms with Gasteiger partial charge in [0.15, 0.2) is 0 Å². The molecular weight excluding hydrogens is 283 g/mol. The smallest absolute Gasteiger partial charge is 0 e. The van der Waals surface area contributed by atoms with E-state index >= 15 is 0 Å². The zero-order chi connectivity index (χ0) is 15.3. The van der Waals surface area contributed by atoms with E-state index in [4.69, 9.17) is 0 Å². The van der Waals surface area contributed by atoms with Crippen molar-refractivity contribution in [2.45, 2.75) is 86.0 Å². The van der Waals surface area contributed by atoms with E-state index in [1.165, 1.54) is 0 Å². The van der Waals surface area contributed by atoms with Gasteiger partial charge < -0.3 is 10.6 Å². The maximum Gasteiger partial charge on any atom is 0 e. The van der Waals surface area contributed by atoms with Gasteiger partial charge in [-0.15, -0.1) is 30.6 Å². The standard InChI is InChI=1S/2C6H14N.C5H5.V/c2*1-5(2)7-6(3)4;1-2-4-5-3-1;/h2*5-6H,1-4H3;1-3H,4H2;/q3*-1;. The van der Waals surface area contributed by atoms with Crippen LogP contribution in [-0.2, 0) is 18.6 Å². The molecule has 1 radical (unpaired) electrons. The molecule has 0 aromatic heterocycles. The van der Waals surface area contributed by atoms with Crippen molar-refractivity contribution >= 4 is 0 Å². The van der Waals surface area contributed by atoms with Crippen LogP contribution >= 0.6 is 0 Å².